The summed E-state index contributed by atoms with van der Waals surface area (Å²) >= 11 is 0. The summed E-state index contributed by atoms with van der Waals surface area (Å²) in [5.74, 6) is -0.633. The minimum Gasteiger partial charge on any atom is -0.480 e. The van der Waals surface area contributed by atoms with Crippen LogP contribution in [-0.4, -0.2) is 48.7 Å². The zero-order valence-corrected chi connectivity index (χ0v) is 10.1. The number of ether oxygens (including phenoxy) is 1. The summed E-state index contributed by atoms with van der Waals surface area (Å²) in [4.78, 5) is 24.9. The fraction of sp³-hybridized carbons (Fsp3) is 0.833. The third kappa shape index (κ3) is 2.29. The van der Waals surface area contributed by atoms with Crippen molar-refractivity contribution >= 4 is 11.9 Å². The average molecular weight is 241 g/mol. The van der Waals surface area contributed by atoms with E-state index in [0.29, 0.717) is 31.8 Å². The van der Waals surface area contributed by atoms with Gasteiger partial charge in [0.05, 0.1) is 0 Å². The minimum atomic E-state index is -1.08. The number of carbonyl (C=O) groups excluding carboxylic acids is 1. The van der Waals surface area contributed by atoms with Gasteiger partial charge in [0.2, 0.25) is 5.91 Å². The maximum absolute atomic E-state index is 12.1. The summed E-state index contributed by atoms with van der Waals surface area (Å²) in [5.41, 5.74) is -1.08. The highest BCUT2D eigenvalue weighted by Crippen LogP contribution is 2.47. The number of amides is 1. The van der Waals surface area contributed by atoms with Gasteiger partial charge >= 0.3 is 5.97 Å². The van der Waals surface area contributed by atoms with E-state index < -0.39 is 11.4 Å². The number of hydrogen-bond acceptors (Lipinski definition) is 3. The molecule has 0 aromatic carbocycles. The summed E-state index contributed by atoms with van der Waals surface area (Å²) in [6, 6.07) is 0. The Morgan fingerprint density at radius 2 is 1.94 bits per heavy atom. The smallest absolute Gasteiger partial charge is 0.319 e. The van der Waals surface area contributed by atoms with Gasteiger partial charge in [0.1, 0.15) is 5.41 Å². The molecule has 0 spiro atoms. The zero-order valence-electron chi connectivity index (χ0n) is 10.1. The Morgan fingerprint density at radius 3 is 2.35 bits per heavy atom. The third-order valence-electron chi connectivity index (χ3n) is 3.87. The molecule has 1 saturated carbocycles. The van der Waals surface area contributed by atoms with Crippen molar-refractivity contribution in [2.24, 2.45) is 11.3 Å². The number of hydrogen-bond donors (Lipinski definition) is 1. The molecule has 1 aliphatic heterocycles. The molecule has 1 amide bonds. The SMILES string of the molecule is COCC1CCN(C(=O)C2(C(=O)O)CC2)CC1. The van der Waals surface area contributed by atoms with Gasteiger partial charge in [-0.1, -0.05) is 0 Å². The van der Waals surface area contributed by atoms with Crippen molar-refractivity contribution in [3.8, 4) is 0 Å². The van der Waals surface area contributed by atoms with Gasteiger partial charge in [0.15, 0.2) is 0 Å². The van der Waals surface area contributed by atoms with Crippen LogP contribution in [0.1, 0.15) is 25.7 Å². The van der Waals surface area contributed by atoms with Crippen LogP contribution in [0.15, 0.2) is 0 Å². The van der Waals surface area contributed by atoms with E-state index in [-0.39, 0.29) is 5.91 Å². The number of rotatable bonds is 4. The second-order valence-corrected chi connectivity index (χ2v) is 5.08. The normalized spacial score (nSPS) is 23.5. The summed E-state index contributed by atoms with van der Waals surface area (Å²) < 4.78 is 5.10. The van der Waals surface area contributed by atoms with E-state index >= 15 is 0 Å². The molecule has 17 heavy (non-hydrogen) atoms. The second-order valence-electron chi connectivity index (χ2n) is 5.08. The van der Waals surface area contributed by atoms with E-state index in [2.05, 4.69) is 0 Å². The molecule has 5 nitrogen and oxygen atoms in total. The van der Waals surface area contributed by atoms with Crippen LogP contribution >= 0.6 is 0 Å². The zero-order chi connectivity index (χ0) is 12.5. The number of aliphatic carboxylic acids is 1. The molecule has 1 saturated heterocycles. The molecule has 5 heteroatoms. The predicted molar refractivity (Wildman–Crippen MR) is 60.5 cm³/mol. The highest BCUT2D eigenvalue weighted by atomic mass is 16.5. The average Bonchev–Trinajstić information content (AvgIpc) is 3.11. The fourth-order valence-corrected chi connectivity index (χ4v) is 2.49. The molecular formula is C12H19NO4. The summed E-state index contributed by atoms with van der Waals surface area (Å²) in [6.07, 6.45) is 2.82. The molecular weight excluding hydrogens is 222 g/mol. The molecule has 1 N–H and O–H groups in total. The first-order valence-electron chi connectivity index (χ1n) is 6.12. The van der Waals surface area contributed by atoms with E-state index in [4.69, 9.17) is 9.84 Å². The topological polar surface area (TPSA) is 66.8 Å². The van der Waals surface area contributed by atoms with Crippen molar-refractivity contribution in [2.75, 3.05) is 26.8 Å². The minimum absolute atomic E-state index is 0.180. The molecule has 0 bridgehead atoms. The monoisotopic (exact) mass is 241 g/mol. The molecule has 0 aromatic heterocycles. The summed E-state index contributed by atoms with van der Waals surface area (Å²) in [5, 5.41) is 9.07. The van der Waals surface area contributed by atoms with E-state index in [1.54, 1.807) is 12.0 Å². The van der Waals surface area contributed by atoms with Crippen molar-refractivity contribution in [3.05, 3.63) is 0 Å². The largest absolute Gasteiger partial charge is 0.480 e. The van der Waals surface area contributed by atoms with Gasteiger partial charge in [-0.3, -0.25) is 9.59 Å². The van der Waals surface area contributed by atoms with Crippen LogP contribution in [-0.2, 0) is 14.3 Å². The number of likely N-dealkylation sites (tertiary alicyclic amines) is 1. The van der Waals surface area contributed by atoms with E-state index in [1.807, 2.05) is 0 Å². The number of methoxy groups -OCH3 is 1. The van der Waals surface area contributed by atoms with E-state index in [0.717, 1.165) is 19.4 Å². The Labute approximate surface area is 101 Å². The van der Waals surface area contributed by atoms with Gasteiger partial charge in [-0.2, -0.15) is 0 Å². The standard InChI is InChI=1S/C12H19NO4/c1-17-8-9-2-6-13(7-3-9)10(14)12(4-5-12)11(15)16/h9H,2-8H2,1H3,(H,15,16). The summed E-state index contributed by atoms with van der Waals surface area (Å²) in [6.45, 7) is 2.07. The van der Waals surface area contributed by atoms with E-state index in [9.17, 15) is 9.59 Å². The van der Waals surface area contributed by atoms with Gasteiger partial charge in [0, 0.05) is 26.8 Å². The van der Waals surface area contributed by atoms with Gasteiger partial charge in [-0.05, 0) is 31.6 Å². The quantitative estimate of drug-likeness (QED) is 0.737. The van der Waals surface area contributed by atoms with Crippen LogP contribution in [0.2, 0.25) is 0 Å². The van der Waals surface area contributed by atoms with E-state index in [1.165, 1.54) is 0 Å². The molecule has 0 aromatic rings. The van der Waals surface area contributed by atoms with Crippen molar-refractivity contribution in [1.82, 2.24) is 4.90 Å². The molecule has 0 unspecified atom stereocenters. The Morgan fingerprint density at radius 1 is 1.35 bits per heavy atom. The molecule has 0 atom stereocenters. The first kappa shape index (κ1) is 12.4. The maximum atomic E-state index is 12.1. The van der Waals surface area contributed by atoms with Crippen molar-refractivity contribution in [1.29, 1.82) is 0 Å². The highest BCUT2D eigenvalue weighted by molar-refractivity contribution is 6.04. The molecule has 2 rings (SSSR count). The van der Waals surface area contributed by atoms with Crippen LogP contribution in [0.5, 0.6) is 0 Å². The Hall–Kier alpha value is -1.10. The number of carboxylic acid groups (broad SMARTS) is 1. The molecule has 1 aliphatic carbocycles. The van der Waals surface area contributed by atoms with Crippen molar-refractivity contribution in [2.45, 2.75) is 25.7 Å². The van der Waals surface area contributed by atoms with Crippen LogP contribution in [0, 0.1) is 11.3 Å². The number of carboxylic acids is 1. The molecule has 96 valence electrons. The van der Waals surface area contributed by atoms with Gasteiger partial charge < -0.3 is 14.7 Å². The highest BCUT2D eigenvalue weighted by Gasteiger charge is 2.58. The van der Waals surface area contributed by atoms with Crippen LogP contribution in [0.3, 0.4) is 0 Å². The first-order valence-corrected chi connectivity index (χ1v) is 6.12. The maximum Gasteiger partial charge on any atom is 0.319 e. The Balaban J connectivity index is 1.89. The predicted octanol–water partition coefficient (Wildman–Crippen LogP) is 0.736. The summed E-state index contributed by atoms with van der Waals surface area (Å²) in [7, 11) is 1.68. The Kier molecular flexibility index (Phi) is 3.38. The first-order chi connectivity index (χ1) is 8.10. The Bertz CT molecular complexity index is 316. The van der Waals surface area contributed by atoms with Crippen molar-refractivity contribution in [3.63, 3.8) is 0 Å². The molecule has 0 radical (unpaired) electrons. The number of piperidine rings is 1. The lowest BCUT2D eigenvalue weighted by molar-refractivity contribution is -0.154. The van der Waals surface area contributed by atoms with Crippen LogP contribution < -0.4 is 0 Å². The number of nitrogens with zero attached hydrogens (tertiary/aromatic N) is 1. The third-order valence-corrected chi connectivity index (χ3v) is 3.87. The van der Waals surface area contributed by atoms with Gasteiger partial charge in [0.25, 0.3) is 0 Å². The lowest BCUT2D eigenvalue weighted by atomic mass is 9.96. The van der Waals surface area contributed by atoms with Gasteiger partial charge in [-0.25, -0.2) is 0 Å². The lowest BCUT2D eigenvalue weighted by Crippen LogP contribution is -2.45. The van der Waals surface area contributed by atoms with Crippen LogP contribution in [0.4, 0.5) is 0 Å². The second kappa shape index (κ2) is 4.64. The molecule has 1 heterocycles. The number of carbonyl (C=O) groups is 2. The molecule has 2 fully saturated rings. The van der Waals surface area contributed by atoms with Crippen LogP contribution in [0.25, 0.3) is 0 Å². The fourth-order valence-electron chi connectivity index (χ4n) is 2.49. The van der Waals surface area contributed by atoms with Crippen molar-refractivity contribution < 1.29 is 19.4 Å². The molecule has 2 aliphatic rings. The van der Waals surface area contributed by atoms with Gasteiger partial charge in [-0.15, -0.1) is 0 Å². The lowest BCUT2D eigenvalue weighted by Gasteiger charge is -2.33.